The maximum atomic E-state index is 12.5. The van der Waals surface area contributed by atoms with E-state index in [-0.39, 0.29) is 17.9 Å². The molecule has 2 fully saturated rings. The monoisotopic (exact) mass is 343 g/mol. The van der Waals surface area contributed by atoms with Crippen LogP contribution < -0.4 is 11.1 Å². The van der Waals surface area contributed by atoms with Gasteiger partial charge in [-0.25, -0.2) is 0 Å². The van der Waals surface area contributed by atoms with Gasteiger partial charge in [0.2, 0.25) is 5.91 Å². The first-order chi connectivity index (χ1) is 12.1. The SMILES string of the molecule is CC1CCCCN1Cc1ccccc1CNC(=O)C1CCCC(N)C1. The summed E-state index contributed by atoms with van der Waals surface area (Å²) >= 11 is 0. The summed E-state index contributed by atoms with van der Waals surface area (Å²) in [5.74, 6) is 0.273. The number of nitrogens with zero attached hydrogens (tertiary/aromatic N) is 1. The summed E-state index contributed by atoms with van der Waals surface area (Å²) < 4.78 is 0. The van der Waals surface area contributed by atoms with Crippen molar-refractivity contribution in [2.24, 2.45) is 11.7 Å². The molecule has 1 amide bonds. The molecule has 3 rings (SSSR count). The number of carbonyl (C=O) groups is 1. The highest BCUT2D eigenvalue weighted by Gasteiger charge is 2.25. The van der Waals surface area contributed by atoms with E-state index in [1.807, 2.05) is 0 Å². The number of amides is 1. The third kappa shape index (κ3) is 5.05. The second-order valence-electron chi connectivity index (χ2n) is 7.93. The second kappa shape index (κ2) is 8.81. The Balaban J connectivity index is 1.58. The largest absolute Gasteiger partial charge is 0.352 e. The molecule has 3 unspecified atom stereocenters. The van der Waals surface area contributed by atoms with E-state index in [1.165, 1.54) is 36.9 Å². The Labute approximate surface area is 152 Å². The molecule has 4 nitrogen and oxygen atoms in total. The first-order valence-electron chi connectivity index (χ1n) is 9.97. The summed E-state index contributed by atoms with van der Waals surface area (Å²) in [4.78, 5) is 15.1. The van der Waals surface area contributed by atoms with E-state index in [9.17, 15) is 4.79 Å². The van der Waals surface area contributed by atoms with E-state index >= 15 is 0 Å². The summed E-state index contributed by atoms with van der Waals surface area (Å²) in [5, 5.41) is 3.17. The Morgan fingerprint density at radius 1 is 1.16 bits per heavy atom. The number of piperidine rings is 1. The predicted octanol–water partition coefficient (Wildman–Crippen LogP) is 3.19. The quantitative estimate of drug-likeness (QED) is 0.863. The fourth-order valence-electron chi connectivity index (χ4n) is 4.29. The molecule has 138 valence electrons. The van der Waals surface area contributed by atoms with Crippen LogP contribution in [0.4, 0.5) is 0 Å². The molecule has 1 aliphatic heterocycles. The van der Waals surface area contributed by atoms with Crippen molar-refractivity contribution in [1.82, 2.24) is 10.2 Å². The first-order valence-corrected chi connectivity index (χ1v) is 9.97. The molecule has 0 spiro atoms. The van der Waals surface area contributed by atoms with Crippen LogP contribution >= 0.6 is 0 Å². The first kappa shape index (κ1) is 18.4. The van der Waals surface area contributed by atoms with E-state index < -0.39 is 0 Å². The Bertz CT molecular complexity index is 574. The number of nitrogens with two attached hydrogens (primary N) is 1. The van der Waals surface area contributed by atoms with Crippen LogP contribution in [0.5, 0.6) is 0 Å². The van der Waals surface area contributed by atoms with Crippen LogP contribution in [0.3, 0.4) is 0 Å². The second-order valence-corrected chi connectivity index (χ2v) is 7.93. The number of likely N-dealkylation sites (tertiary alicyclic amines) is 1. The molecular formula is C21H33N3O. The molecule has 3 atom stereocenters. The Hall–Kier alpha value is -1.39. The van der Waals surface area contributed by atoms with Crippen molar-refractivity contribution in [2.75, 3.05) is 6.54 Å². The zero-order valence-electron chi connectivity index (χ0n) is 15.5. The Morgan fingerprint density at radius 3 is 2.72 bits per heavy atom. The van der Waals surface area contributed by atoms with Crippen LogP contribution in [0.2, 0.25) is 0 Å². The summed E-state index contributed by atoms with van der Waals surface area (Å²) in [6.45, 7) is 5.13. The van der Waals surface area contributed by atoms with Crippen molar-refractivity contribution in [2.45, 2.75) is 77.0 Å². The lowest BCUT2D eigenvalue weighted by Gasteiger charge is -2.34. The van der Waals surface area contributed by atoms with Crippen molar-refractivity contribution >= 4 is 5.91 Å². The van der Waals surface area contributed by atoms with Gasteiger partial charge in [-0.15, -0.1) is 0 Å². The Morgan fingerprint density at radius 2 is 1.96 bits per heavy atom. The standard InChI is InChI=1S/C21H33N3O/c1-16-7-4-5-12-24(16)15-19-9-3-2-8-18(19)14-23-21(25)17-10-6-11-20(22)13-17/h2-3,8-9,16-17,20H,4-7,10-15,22H2,1H3,(H,23,25). The molecule has 4 heteroatoms. The number of hydrogen-bond acceptors (Lipinski definition) is 3. The highest BCUT2D eigenvalue weighted by atomic mass is 16.1. The molecule has 1 heterocycles. The smallest absolute Gasteiger partial charge is 0.223 e. The van der Waals surface area contributed by atoms with E-state index in [2.05, 4.69) is 41.4 Å². The predicted molar refractivity (Wildman–Crippen MR) is 102 cm³/mol. The lowest BCUT2D eigenvalue weighted by Crippen LogP contribution is -2.38. The number of hydrogen-bond donors (Lipinski definition) is 2. The van der Waals surface area contributed by atoms with Gasteiger partial charge >= 0.3 is 0 Å². The summed E-state index contributed by atoms with van der Waals surface area (Å²) in [6.07, 6.45) is 7.87. The topological polar surface area (TPSA) is 58.4 Å². The molecule has 0 bridgehead atoms. The number of rotatable bonds is 5. The molecule has 1 saturated heterocycles. The van der Waals surface area contributed by atoms with Gasteiger partial charge in [-0.2, -0.15) is 0 Å². The van der Waals surface area contributed by atoms with Gasteiger partial charge in [0.15, 0.2) is 0 Å². The minimum absolute atomic E-state index is 0.0954. The van der Waals surface area contributed by atoms with Crippen LogP contribution in [-0.4, -0.2) is 29.4 Å². The van der Waals surface area contributed by atoms with Gasteiger partial charge in [0.1, 0.15) is 0 Å². The molecule has 1 saturated carbocycles. The van der Waals surface area contributed by atoms with Gasteiger partial charge < -0.3 is 11.1 Å². The maximum absolute atomic E-state index is 12.5. The van der Waals surface area contributed by atoms with E-state index in [1.54, 1.807) is 0 Å². The molecule has 0 radical (unpaired) electrons. The fourth-order valence-corrected chi connectivity index (χ4v) is 4.29. The van der Waals surface area contributed by atoms with Crippen LogP contribution in [0.1, 0.15) is 63.0 Å². The van der Waals surface area contributed by atoms with Crippen LogP contribution in [-0.2, 0) is 17.9 Å². The highest BCUT2D eigenvalue weighted by molar-refractivity contribution is 5.78. The number of nitrogens with one attached hydrogen (secondary N) is 1. The molecule has 25 heavy (non-hydrogen) atoms. The van der Waals surface area contributed by atoms with Gasteiger partial charge in [0, 0.05) is 31.1 Å². The van der Waals surface area contributed by atoms with Gasteiger partial charge in [0.25, 0.3) is 0 Å². The minimum Gasteiger partial charge on any atom is -0.352 e. The third-order valence-corrected chi connectivity index (χ3v) is 5.97. The average molecular weight is 344 g/mol. The number of benzene rings is 1. The van der Waals surface area contributed by atoms with E-state index in [0.29, 0.717) is 12.6 Å². The van der Waals surface area contributed by atoms with Gasteiger partial charge in [0.05, 0.1) is 0 Å². The fraction of sp³-hybridized carbons (Fsp3) is 0.667. The van der Waals surface area contributed by atoms with E-state index in [4.69, 9.17) is 5.73 Å². The summed E-state index contributed by atoms with van der Waals surface area (Å²) in [7, 11) is 0. The van der Waals surface area contributed by atoms with Gasteiger partial charge in [-0.3, -0.25) is 9.69 Å². The average Bonchev–Trinajstić information content (AvgIpc) is 2.62. The molecule has 1 aromatic rings. The van der Waals surface area contributed by atoms with Gasteiger partial charge in [-0.1, -0.05) is 37.1 Å². The minimum atomic E-state index is 0.0954. The molecular weight excluding hydrogens is 310 g/mol. The van der Waals surface area contributed by atoms with E-state index in [0.717, 1.165) is 32.2 Å². The van der Waals surface area contributed by atoms with Crippen molar-refractivity contribution in [3.05, 3.63) is 35.4 Å². The molecule has 1 aromatic carbocycles. The zero-order valence-corrected chi connectivity index (χ0v) is 15.5. The van der Waals surface area contributed by atoms with Crippen LogP contribution in [0.15, 0.2) is 24.3 Å². The Kier molecular flexibility index (Phi) is 6.49. The highest BCUT2D eigenvalue weighted by Crippen LogP contribution is 2.24. The summed E-state index contributed by atoms with van der Waals surface area (Å²) in [5.41, 5.74) is 8.61. The van der Waals surface area contributed by atoms with Crippen molar-refractivity contribution in [3.63, 3.8) is 0 Å². The van der Waals surface area contributed by atoms with Gasteiger partial charge in [-0.05, 0) is 56.7 Å². The normalized spacial score (nSPS) is 27.8. The number of carbonyl (C=O) groups excluding carboxylic acids is 1. The third-order valence-electron chi connectivity index (χ3n) is 5.97. The summed E-state index contributed by atoms with van der Waals surface area (Å²) in [6, 6.07) is 9.38. The molecule has 2 aliphatic rings. The lowest BCUT2D eigenvalue weighted by molar-refractivity contribution is -0.126. The molecule has 1 aliphatic carbocycles. The van der Waals surface area contributed by atoms with Crippen LogP contribution in [0, 0.1) is 5.92 Å². The zero-order chi connectivity index (χ0) is 17.6. The lowest BCUT2D eigenvalue weighted by atomic mass is 9.85. The van der Waals surface area contributed by atoms with Crippen molar-refractivity contribution < 1.29 is 4.79 Å². The molecule has 3 N–H and O–H groups in total. The van der Waals surface area contributed by atoms with Crippen LogP contribution in [0.25, 0.3) is 0 Å². The van der Waals surface area contributed by atoms with Crippen molar-refractivity contribution in [1.29, 1.82) is 0 Å². The molecule has 0 aromatic heterocycles. The maximum Gasteiger partial charge on any atom is 0.223 e. The van der Waals surface area contributed by atoms with Crippen molar-refractivity contribution in [3.8, 4) is 0 Å².